The van der Waals surface area contributed by atoms with Gasteiger partial charge in [0.2, 0.25) is 5.75 Å². The Hall–Kier alpha value is -2.99. The van der Waals surface area contributed by atoms with Gasteiger partial charge in [-0.2, -0.15) is 5.10 Å². The number of aryl methyl sites for hydroxylation is 2. The highest BCUT2D eigenvalue weighted by Crippen LogP contribution is 2.39. The van der Waals surface area contributed by atoms with E-state index >= 15 is 0 Å². The number of nitrogens with zero attached hydrogens (tertiary/aromatic N) is 2. The molecule has 1 aromatic heterocycles. The van der Waals surface area contributed by atoms with Crippen LogP contribution in [0.15, 0.2) is 42.5 Å². The number of rotatable bonds is 9. The molecule has 6 heteroatoms. The number of hydrogen-bond acceptors (Lipinski definition) is 5. The van der Waals surface area contributed by atoms with E-state index in [2.05, 4.69) is 17.3 Å². The fourth-order valence-electron chi connectivity index (χ4n) is 3.31. The van der Waals surface area contributed by atoms with Crippen LogP contribution in [0, 0.1) is 13.8 Å². The van der Waals surface area contributed by atoms with Gasteiger partial charge in [0.25, 0.3) is 0 Å². The minimum atomic E-state index is 0.449. The van der Waals surface area contributed by atoms with Crippen LogP contribution in [0.5, 0.6) is 17.2 Å². The third kappa shape index (κ3) is 4.90. The highest BCUT2D eigenvalue weighted by molar-refractivity contribution is 5.54. The minimum Gasteiger partial charge on any atom is -0.493 e. The summed E-state index contributed by atoms with van der Waals surface area (Å²) in [4.78, 5) is 0. The van der Waals surface area contributed by atoms with Gasteiger partial charge < -0.3 is 19.5 Å². The summed E-state index contributed by atoms with van der Waals surface area (Å²) < 4.78 is 19.1. The molecule has 0 bridgehead atoms. The lowest BCUT2D eigenvalue weighted by Crippen LogP contribution is -2.14. The number of hydrogen-bond donors (Lipinski definition) is 1. The molecule has 0 atom stereocenters. The standard InChI is InChI=1S/C23H29N3O3/c1-16-20(17(2)26(3)25-16)14-24-13-19-11-21(27-4)23(22(12-19)28-5)29-15-18-9-7-6-8-10-18/h6-12,24H,13-15H2,1-5H3. The molecular weight excluding hydrogens is 366 g/mol. The number of methoxy groups -OCH3 is 2. The van der Waals surface area contributed by atoms with Gasteiger partial charge in [-0.15, -0.1) is 0 Å². The van der Waals surface area contributed by atoms with Crippen LogP contribution >= 0.6 is 0 Å². The van der Waals surface area contributed by atoms with Crippen molar-refractivity contribution in [2.24, 2.45) is 7.05 Å². The molecule has 6 nitrogen and oxygen atoms in total. The van der Waals surface area contributed by atoms with Crippen molar-refractivity contribution in [2.75, 3.05) is 14.2 Å². The maximum absolute atomic E-state index is 6.02. The van der Waals surface area contributed by atoms with Gasteiger partial charge in [0.1, 0.15) is 6.61 Å². The predicted octanol–water partition coefficient (Wildman–Crippen LogP) is 3.92. The first-order valence-corrected chi connectivity index (χ1v) is 9.65. The Bertz CT molecular complexity index is 926. The first kappa shape index (κ1) is 20.7. The van der Waals surface area contributed by atoms with E-state index < -0.39 is 0 Å². The predicted molar refractivity (Wildman–Crippen MR) is 114 cm³/mol. The van der Waals surface area contributed by atoms with E-state index in [4.69, 9.17) is 14.2 Å². The molecule has 3 aromatic rings. The van der Waals surface area contributed by atoms with Crippen molar-refractivity contribution >= 4 is 0 Å². The van der Waals surface area contributed by atoms with Crippen LogP contribution in [-0.4, -0.2) is 24.0 Å². The zero-order valence-corrected chi connectivity index (χ0v) is 17.8. The topological polar surface area (TPSA) is 57.5 Å². The van der Waals surface area contributed by atoms with Gasteiger partial charge in [0, 0.05) is 31.4 Å². The maximum atomic E-state index is 6.02. The van der Waals surface area contributed by atoms with Crippen LogP contribution < -0.4 is 19.5 Å². The van der Waals surface area contributed by atoms with E-state index in [1.165, 1.54) is 11.3 Å². The molecule has 0 saturated heterocycles. The Morgan fingerprint density at radius 1 is 0.931 bits per heavy atom. The van der Waals surface area contributed by atoms with E-state index in [0.717, 1.165) is 23.4 Å². The lowest BCUT2D eigenvalue weighted by molar-refractivity contribution is 0.265. The van der Waals surface area contributed by atoms with Crippen molar-refractivity contribution in [3.05, 3.63) is 70.5 Å². The SMILES string of the molecule is COc1cc(CNCc2c(C)nn(C)c2C)cc(OC)c1OCc1ccccc1. The van der Waals surface area contributed by atoms with E-state index in [0.29, 0.717) is 30.4 Å². The number of benzene rings is 2. The van der Waals surface area contributed by atoms with E-state index in [1.807, 2.05) is 61.1 Å². The van der Waals surface area contributed by atoms with Gasteiger partial charge in [-0.25, -0.2) is 0 Å². The van der Waals surface area contributed by atoms with Crippen molar-refractivity contribution < 1.29 is 14.2 Å². The number of nitrogens with one attached hydrogen (secondary N) is 1. The Labute approximate surface area is 172 Å². The molecule has 0 saturated carbocycles. The molecule has 0 aliphatic rings. The molecule has 0 amide bonds. The van der Waals surface area contributed by atoms with Gasteiger partial charge in [-0.3, -0.25) is 4.68 Å². The summed E-state index contributed by atoms with van der Waals surface area (Å²) in [6.07, 6.45) is 0. The maximum Gasteiger partial charge on any atom is 0.203 e. The smallest absolute Gasteiger partial charge is 0.203 e. The van der Waals surface area contributed by atoms with E-state index in [-0.39, 0.29) is 0 Å². The molecule has 0 aliphatic heterocycles. The first-order chi connectivity index (χ1) is 14.0. The normalized spacial score (nSPS) is 10.8. The molecule has 0 radical (unpaired) electrons. The highest BCUT2D eigenvalue weighted by Gasteiger charge is 2.15. The summed E-state index contributed by atoms with van der Waals surface area (Å²) in [6.45, 7) is 6.00. The Morgan fingerprint density at radius 3 is 2.14 bits per heavy atom. The molecule has 29 heavy (non-hydrogen) atoms. The summed E-state index contributed by atoms with van der Waals surface area (Å²) in [5.74, 6) is 1.93. The highest BCUT2D eigenvalue weighted by atomic mass is 16.5. The Balaban J connectivity index is 1.71. The molecule has 0 unspecified atom stereocenters. The van der Waals surface area contributed by atoms with Crippen molar-refractivity contribution in [1.82, 2.24) is 15.1 Å². The first-order valence-electron chi connectivity index (χ1n) is 9.65. The van der Waals surface area contributed by atoms with Crippen molar-refractivity contribution in [3.63, 3.8) is 0 Å². The Morgan fingerprint density at radius 2 is 1.59 bits per heavy atom. The van der Waals surface area contributed by atoms with Crippen LogP contribution in [0.25, 0.3) is 0 Å². The van der Waals surface area contributed by atoms with Crippen LogP contribution in [0.4, 0.5) is 0 Å². The zero-order valence-electron chi connectivity index (χ0n) is 17.8. The lowest BCUT2D eigenvalue weighted by Gasteiger charge is -2.16. The molecule has 0 fully saturated rings. The molecule has 1 heterocycles. The quantitative estimate of drug-likeness (QED) is 0.595. The molecule has 1 N–H and O–H groups in total. The number of aromatic nitrogens is 2. The van der Waals surface area contributed by atoms with Gasteiger partial charge in [0.15, 0.2) is 11.5 Å². The second kappa shape index (κ2) is 9.47. The van der Waals surface area contributed by atoms with Crippen LogP contribution in [0.3, 0.4) is 0 Å². The fourth-order valence-corrected chi connectivity index (χ4v) is 3.31. The van der Waals surface area contributed by atoms with Gasteiger partial charge >= 0.3 is 0 Å². The van der Waals surface area contributed by atoms with Crippen molar-refractivity contribution in [3.8, 4) is 17.2 Å². The van der Waals surface area contributed by atoms with Gasteiger partial charge in [-0.05, 0) is 37.1 Å². The molecule has 0 aliphatic carbocycles. The average Bonchev–Trinajstić information content (AvgIpc) is 2.98. The summed E-state index contributed by atoms with van der Waals surface area (Å²) in [5, 5.41) is 7.96. The monoisotopic (exact) mass is 395 g/mol. The second-order valence-electron chi connectivity index (χ2n) is 6.98. The summed E-state index contributed by atoms with van der Waals surface area (Å²) in [5.41, 5.74) is 5.61. The third-order valence-electron chi connectivity index (χ3n) is 5.04. The Kier molecular flexibility index (Phi) is 6.77. The second-order valence-corrected chi connectivity index (χ2v) is 6.98. The molecule has 0 spiro atoms. The molecule has 154 valence electrons. The van der Waals surface area contributed by atoms with Crippen LogP contribution in [-0.2, 0) is 26.7 Å². The van der Waals surface area contributed by atoms with Crippen LogP contribution in [0.1, 0.15) is 28.1 Å². The summed E-state index contributed by atoms with van der Waals surface area (Å²) in [6, 6.07) is 14.0. The molecule has 2 aromatic carbocycles. The van der Waals surface area contributed by atoms with Crippen molar-refractivity contribution in [2.45, 2.75) is 33.5 Å². The third-order valence-corrected chi connectivity index (χ3v) is 5.04. The minimum absolute atomic E-state index is 0.449. The summed E-state index contributed by atoms with van der Waals surface area (Å²) >= 11 is 0. The van der Waals surface area contributed by atoms with E-state index in [1.54, 1.807) is 14.2 Å². The average molecular weight is 396 g/mol. The van der Waals surface area contributed by atoms with E-state index in [9.17, 15) is 0 Å². The zero-order chi connectivity index (χ0) is 20.8. The molecular formula is C23H29N3O3. The van der Waals surface area contributed by atoms with Gasteiger partial charge in [0.05, 0.1) is 19.9 Å². The van der Waals surface area contributed by atoms with Crippen LogP contribution in [0.2, 0.25) is 0 Å². The molecule has 3 rings (SSSR count). The number of ether oxygens (including phenoxy) is 3. The largest absolute Gasteiger partial charge is 0.493 e. The summed E-state index contributed by atoms with van der Waals surface area (Å²) in [7, 11) is 5.25. The van der Waals surface area contributed by atoms with Crippen molar-refractivity contribution in [1.29, 1.82) is 0 Å². The lowest BCUT2D eigenvalue weighted by atomic mass is 10.1. The van der Waals surface area contributed by atoms with Gasteiger partial charge in [-0.1, -0.05) is 30.3 Å². The fraction of sp³-hybridized carbons (Fsp3) is 0.348.